The van der Waals surface area contributed by atoms with Gasteiger partial charge in [0.25, 0.3) is 11.5 Å². The molecule has 1 heterocycles. The number of anilines is 1. The molecule has 3 rings (SSSR count). The second-order valence-corrected chi connectivity index (χ2v) is 7.22. The largest absolute Gasteiger partial charge is 0.463 e. The Bertz CT molecular complexity index is 1080. The van der Waals surface area contributed by atoms with Gasteiger partial charge in [-0.25, -0.2) is 4.39 Å². The molecule has 1 aromatic heterocycles. The number of hydrogen-bond acceptors (Lipinski definition) is 4. The Morgan fingerprint density at radius 3 is 2.59 bits per heavy atom. The van der Waals surface area contributed by atoms with Gasteiger partial charge in [0.15, 0.2) is 6.10 Å². The molecule has 0 aliphatic rings. The number of nitrogens with one attached hydrogen (secondary N) is 1. The molecule has 6 nitrogen and oxygen atoms in total. The summed E-state index contributed by atoms with van der Waals surface area (Å²) in [4.78, 5) is 24.7. The number of ether oxygens (including phenoxy) is 1. The third kappa shape index (κ3) is 5.08. The Labute approximate surface area is 175 Å². The molecule has 0 saturated carbocycles. The van der Waals surface area contributed by atoms with E-state index in [1.54, 1.807) is 6.07 Å². The second kappa shape index (κ2) is 9.00. The lowest BCUT2D eigenvalue weighted by atomic mass is 10.2. The minimum atomic E-state index is -0.800. The van der Waals surface area contributed by atoms with Gasteiger partial charge in [0, 0.05) is 22.3 Å². The number of carbonyl (C=O) groups is 1. The van der Waals surface area contributed by atoms with Crippen molar-refractivity contribution < 1.29 is 13.9 Å². The van der Waals surface area contributed by atoms with Gasteiger partial charge in [-0.1, -0.05) is 22.9 Å². The van der Waals surface area contributed by atoms with Crippen LogP contribution in [0.5, 0.6) is 5.88 Å². The van der Waals surface area contributed by atoms with Crippen molar-refractivity contribution in [2.45, 2.75) is 26.4 Å². The van der Waals surface area contributed by atoms with E-state index in [0.717, 1.165) is 14.7 Å². The van der Waals surface area contributed by atoms with Crippen molar-refractivity contribution in [2.24, 2.45) is 0 Å². The quantitative estimate of drug-likeness (QED) is 0.598. The predicted molar refractivity (Wildman–Crippen MR) is 112 cm³/mol. The molecule has 1 amide bonds. The lowest BCUT2D eigenvalue weighted by Gasteiger charge is -2.17. The van der Waals surface area contributed by atoms with Gasteiger partial charge in [0.1, 0.15) is 5.82 Å². The summed E-state index contributed by atoms with van der Waals surface area (Å²) in [5.74, 6) is -0.626. The lowest BCUT2D eigenvalue weighted by Crippen LogP contribution is -2.33. The van der Waals surface area contributed by atoms with Gasteiger partial charge in [-0.2, -0.15) is 4.68 Å². The number of rotatable bonds is 6. The molecule has 0 aliphatic heterocycles. The fraction of sp³-hybridized carbons (Fsp3) is 0.190. The molecule has 0 aliphatic carbocycles. The van der Waals surface area contributed by atoms with E-state index >= 15 is 0 Å². The predicted octanol–water partition coefficient (Wildman–Crippen LogP) is 4.24. The van der Waals surface area contributed by atoms with Crippen molar-refractivity contribution in [2.75, 3.05) is 5.32 Å². The summed E-state index contributed by atoms with van der Waals surface area (Å²) in [5.41, 5.74) is 1.64. The highest BCUT2D eigenvalue weighted by Crippen LogP contribution is 2.20. The van der Waals surface area contributed by atoms with E-state index in [9.17, 15) is 14.0 Å². The maximum Gasteiger partial charge on any atom is 0.271 e. The molecule has 1 unspecified atom stereocenters. The van der Waals surface area contributed by atoms with Crippen LogP contribution in [0.1, 0.15) is 18.9 Å². The van der Waals surface area contributed by atoms with Crippen LogP contribution in [0.4, 0.5) is 10.1 Å². The smallest absolute Gasteiger partial charge is 0.271 e. The zero-order valence-corrected chi connectivity index (χ0v) is 17.4. The molecule has 3 aromatic rings. The van der Waals surface area contributed by atoms with Gasteiger partial charge in [0.2, 0.25) is 5.88 Å². The number of aryl methyl sites for hydroxylation is 1. The normalized spacial score (nSPS) is 11.7. The molecule has 0 spiro atoms. The highest BCUT2D eigenvalue weighted by Gasteiger charge is 2.20. The van der Waals surface area contributed by atoms with Gasteiger partial charge in [-0.3, -0.25) is 9.59 Å². The number of carbonyl (C=O) groups excluding carboxylic acids is 1. The summed E-state index contributed by atoms with van der Waals surface area (Å²) in [6.45, 7) is 3.74. The minimum Gasteiger partial charge on any atom is -0.463 e. The van der Waals surface area contributed by atoms with Gasteiger partial charge >= 0.3 is 0 Å². The minimum absolute atomic E-state index is 0.114. The first-order valence-electron chi connectivity index (χ1n) is 8.97. The summed E-state index contributed by atoms with van der Waals surface area (Å²) in [6, 6.07) is 13.5. The van der Waals surface area contributed by atoms with Crippen LogP contribution in [-0.2, 0) is 4.79 Å². The fourth-order valence-electron chi connectivity index (χ4n) is 2.64. The average molecular weight is 460 g/mol. The van der Waals surface area contributed by atoms with Gasteiger partial charge in [-0.15, -0.1) is 5.10 Å². The van der Waals surface area contributed by atoms with Crippen molar-refractivity contribution in [1.29, 1.82) is 0 Å². The van der Waals surface area contributed by atoms with Crippen molar-refractivity contribution >= 4 is 27.5 Å². The summed E-state index contributed by atoms with van der Waals surface area (Å²) in [6.07, 6.45) is -0.399. The number of hydrogen-bond donors (Lipinski definition) is 1. The Kier molecular flexibility index (Phi) is 6.43. The maximum absolute atomic E-state index is 13.1. The molecule has 0 fully saturated rings. The molecular formula is C21H19BrFN3O3. The Morgan fingerprint density at radius 2 is 1.93 bits per heavy atom. The van der Waals surface area contributed by atoms with E-state index in [0.29, 0.717) is 17.8 Å². The maximum atomic E-state index is 13.1. The van der Waals surface area contributed by atoms with Crippen LogP contribution in [0.25, 0.3) is 5.69 Å². The van der Waals surface area contributed by atoms with Crippen molar-refractivity contribution in [3.8, 4) is 11.6 Å². The highest BCUT2D eigenvalue weighted by molar-refractivity contribution is 9.10. The van der Waals surface area contributed by atoms with Crippen molar-refractivity contribution in [1.82, 2.24) is 9.78 Å². The first-order chi connectivity index (χ1) is 13.9. The molecule has 8 heteroatoms. The average Bonchev–Trinajstić information content (AvgIpc) is 2.70. The van der Waals surface area contributed by atoms with Crippen LogP contribution in [0.3, 0.4) is 0 Å². The first-order valence-corrected chi connectivity index (χ1v) is 9.76. The summed E-state index contributed by atoms with van der Waals surface area (Å²) < 4.78 is 20.9. The van der Waals surface area contributed by atoms with E-state index in [1.807, 2.05) is 26.0 Å². The molecule has 2 aromatic carbocycles. The number of nitrogens with zero attached hydrogens (tertiary/aromatic N) is 2. The third-order valence-corrected chi connectivity index (χ3v) is 5.09. The van der Waals surface area contributed by atoms with E-state index in [-0.39, 0.29) is 11.8 Å². The molecular weight excluding hydrogens is 441 g/mol. The SMILES string of the molecule is CCC(Oc1ccc(=O)n(-c2ccc(F)cc2)n1)C(=O)Nc1ccc(Br)c(C)c1. The fourth-order valence-corrected chi connectivity index (χ4v) is 2.88. The van der Waals surface area contributed by atoms with Gasteiger partial charge in [0.05, 0.1) is 5.69 Å². The monoisotopic (exact) mass is 459 g/mol. The van der Waals surface area contributed by atoms with E-state index in [4.69, 9.17) is 4.74 Å². The lowest BCUT2D eigenvalue weighted by molar-refractivity contribution is -0.123. The first kappa shape index (κ1) is 20.7. The summed E-state index contributed by atoms with van der Waals surface area (Å²) in [5, 5.41) is 6.97. The summed E-state index contributed by atoms with van der Waals surface area (Å²) in [7, 11) is 0. The Balaban J connectivity index is 1.78. The standard InChI is InChI=1S/C21H19BrFN3O3/c1-3-18(21(28)24-15-6-9-17(22)13(2)12-15)29-19-10-11-20(27)26(25-19)16-7-4-14(23)5-8-16/h4-12,18H,3H2,1-2H3,(H,24,28). The molecule has 29 heavy (non-hydrogen) atoms. The highest BCUT2D eigenvalue weighted by atomic mass is 79.9. The molecule has 0 bridgehead atoms. The number of aromatic nitrogens is 2. The van der Waals surface area contributed by atoms with Crippen LogP contribution in [0.15, 0.2) is 63.9 Å². The number of benzene rings is 2. The van der Waals surface area contributed by atoms with Crippen LogP contribution >= 0.6 is 15.9 Å². The topological polar surface area (TPSA) is 73.2 Å². The van der Waals surface area contributed by atoms with Crippen molar-refractivity contribution in [3.63, 3.8) is 0 Å². The van der Waals surface area contributed by atoms with Crippen molar-refractivity contribution in [3.05, 3.63) is 80.8 Å². The number of amides is 1. The Hall–Kier alpha value is -3.00. The zero-order valence-electron chi connectivity index (χ0n) is 15.9. The Morgan fingerprint density at radius 1 is 1.21 bits per heavy atom. The molecule has 0 saturated heterocycles. The van der Waals surface area contributed by atoms with E-state index < -0.39 is 17.5 Å². The van der Waals surface area contributed by atoms with Crippen LogP contribution < -0.4 is 15.6 Å². The van der Waals surface area contributed by atoms with E-state index in [2.05, 4.69) is 26.3 Å². The molecule has 150 valence electrons. The van der Waals surface area contributed by atoms with Crippen LogP contribution in [0, 0.1) is 12.7 Å². The second-order valence-electron chi connectivity index (χ2n) is 6.37. The van der Waals surface area contributed by atoms with Crippen LogP contribution in [0.2, 0.25) is 0 Å². The van der Waals surface area contributed by atoms with Crippen LogP contribution in [-0.4, -0.2) is 21.8 Å². The van der Waals surface area contributed by atoms with Gasteiger partial charge < -0.3 is 10.1 Å². The summed E-state index contributed by atoms with van der Waals surface area (Å²) >= 11 is 3.42. The van der Waals surface area contributed by atoms with Gasteiger partial charge in [-0.05, 0) is 61.4 Å². The number of halogens is 2. The zero-order chi connectivity index (χ0) is 21.0. The molecule has 1 N–H and O–H groups in total. The molecule has 0 radical (unpaired) electrons. The third-order valence-electron chi connectivity index (χ3n) is 4.20. The van der Waals surface area contributed by atoms with E-state index in [1.165, 1.54) is 36.4 Å². The molecule has 1 atom stereocenters.